The number of carbonyl (C=O) groups excluding carboxylic acids is 3. The Kier molecular flexibility index (Phi) is 4.58. The summed E-state index contributed by atoms with van der Waals surface area (Å²) in [6, 6.07) is 1.36. The summed E-state index contributed by atoms with van der Waals surface area (Å²) in [7, 11) is 1.55. The number of nitrogens with one attached hydrogen (secondary N) is 1. The third kappa shape index (κ3) is 3.14. The molecule has 0 unspecified atom stereocenters. The van der Waals surface area contributed by atoms with Crippen LogP contribution in [0.25, 0.3) is 0 Å². The van der Waals surface area contributed by atoms with E-state index in [1.54, 1.807) is 14.0 Å². The summed E-state index contributed by atoms with van der Waals surface area (Å²) in [5.74, 6) is -1.61. The van der Waals surface area contributed by atoms with Crippen molar-refractivity contribution >= 4 is 34.1 Å². The molecule has 2 amide bonds. The van der Waals surface area contributed by atoms with Crippen molar-refractivity contribution in [2.75, 3.05) is 11.9 Å². The van der Waals surface area contributed by atoms with Gasteiger partial charge in [-0.2, -0.15) is 5.10 Å². The van der Waals surface area contributed by atoms with Gasteiger partial charge in [0, 0.05) is 18.0 Å². The first-order valence-corrected chi connectivity index (χ1v) is 8.70. The number of amides is 2. The van der Waals surface area contributed by atoms with Gasteiger partial charge in [-0.15, -0.1) is 11.3 Å². The molecule has 0 bridgehead atoms. The first kappa shape index (κ1) is 17.2. The predicted molar refractivity (Wildman–Crippen MR) is 92.0 cm³/mol. The summed E-state index contributed by atoms with van der Waals surface area (Å²) < 4.78 is 6.21. The molecule has 1 aliphatic rings. The molecule has 2 aromatic rings. The second-order valence-electron chi connectivity index (χ2n) is 5.64. The number of nitrogens with two attached hydrogens (primary N) is 1. The van der Waals surface area contributed by atoms with Gasteiger partial charge in [0.15, 0.2) is 5.69 Å². The Hall–Kier alpha value is -2.68. The molecule has 1 aliphatic carbocycles. The molecule has 0 spiro atoms. The molecule has 0 saturated heterocycles. The van der Waals surface area contributed by atoms with Crippen molar-refractivity contribution in [1.29, 1.82) is 0 Å². The molecule has 0 aliphatic heterocycles. The lowest BCUT2D eigenvalue weighted by Gasteiger charge is -2.04. The van der Waals surface area contributed by atoms with Crippen LogP contribution in [0.3, 0.4) is 0 Å². The number of primary amides is 1. The Morgan fingerprint density at radius 1 is 1.40 bits per heavy atom. The van der Waals surface area contributed by atoms with E-state index in [1.165, 1.54) is 22.1 Å². The Morgan fingerprint density at radius 3 is 2.84 bits per heavy atom. The molecule has 2 heterocycles. The molecule has 0 radical (unpaired) electrons. The summed E-state index contributed by atoms with van der Waals surface area (Å²) in [4.78, 5) is 37.2. The summed E-state index contributed by atoms with van der Waals surface area (Å²) in [6.45, 7) is 1.93. The van der Waals surface area contributed by atoms with Crippen LogP contribution in [0.1, 0.15) is 55.1 Å². The fourth-order valence-electron chi connectivity index (χ4n) is 2.89. The van der Waals surface area contributed by atoms with Gasteiger partial charge >= 0.3 is 5.97 Å². The molecule has 8 nitrogen and oxygen atoms in total. The Balaban J connectivity index is 1.85. The van der Waals surface area contributed by atoms with Gasteiger partial charge in [-0.3, -0.25) is 14.3 Å². The van der Waals surface area contributed by atoms with E-state index in [2.05, 4.69) is 10.4 Å². The molecule has 2 aromatic heterocycles. The lowest BCUT2D eigenvalue weighted by atomic mass is 10.1. The summed E-state index contributed by atoms with van der Waals surface area (Å²) >= 11 is 1.37. The van der Waals surface area contributed by atoms with E-state index in [1.807, 2.05) is 0 Å². The number of carbonyl (C=O) groups is 3. The van der Waals surface area contributed by atoms with Gasteiger partial charge in [-0.1, -0.05) is 0 Å². The smallest absolute Gasteiger partial charge is 0.356 e. The van der Waals surface area contributed by atoms with Crippen molar-refractivity contribution in [3.8, 4) is 0 Å². The minimum Gasteiger partial charge on any atom is -0.461 e. The van der Waals surface area contributed by atoms with Gasteiger partial charge in [0.2, 0.25) is 0 Å². The first-order chi connectivity index (χ1) is 11.9. The SMILES string of the molecule is CCOC(=O)c1cc(C(=O)Nc2sc3c(c2C(N)=O)CCC3)nn1C. The molecular weight excluding hydrogens is 344 g/mol. The fourth-order valence-corrected chi connectivity index (χ4v) is 4.18. The van der Waals surface area contributed by atoms with Crippen LogP contribution in [0, 0.1) is 0 Å². The zero-order valence-corrected chi connectivity index (χ0v) is 14.7. The van der Waals surface area contributed by atoms with Crippen molar-refractivity contribution in [2.24, 2.45) is 12.8 Å². The van der Waals surface area contributed by atoms with Crippen molar-refractivity contribution in [1.82, 2.24) is 9.78 Å². The van der Waals surface area contributed by atoms with Crippen LogP contribution >= 0.6 is 11.3 Å². The lowest BCUT2D eigenvalue weighted by molar-refractivity contribution is 0.0513. The second-order valence-corrected chi connectivity index (χ2v) is 6.74. The minimum atomic E-state index is -0.553. The van der Waals surface area contributed by atoms with E-state index in [-0.39, 0.29) is 18.0 Å². The highest BCUT2D eigenvalue weighted by atomic mass is 32.1. The van der Waals surface area contributed by atoms with E-state index >= 15 is 0 Å². The van der Waals surface area contributed by atoms with E-state index in [4.69, 9.17) is 10.5 Å². The van der Waals surface area contributed by atoms with Crippen molar-refractivity contribution in [3.63, 3.8) is 0 Å². The van der Waals surface area contributed by atoms with Crippen LogP contribution in [0.5, 0.6) is 0 Å². The number of hydrogen-bond donors (Lipinski definition) is 2. The summed E-state index contributed by atoms with van der Waals surface area (Å²) in [5, 5.41) is 7.18. The molecule has 9 heteroatoms. The predicted octanol–water partition coefficient (Wildman–Crippen LogP) is 1.50. The zero-order valence-electron chi connectivity index (χ0n) is 13.9. The Bertz CT molecular complexity index is 868. The Morgan fingerprint density at radius 2 is 2.16 bits per heavy atom. The fraction of sp³-hybridized carbons (Fsp3) is 0.375. The van der Waals surface area contributed by atoms with Gasteiger partial charge in [0.25, 0.3) is 11.8 Å². The number of hydrogen-bond acceptors (Lipinski definition) is 6. The summed E-state index contributed by atoms with van der Waals surface area (Å²) in [5.41, 5.74) is 7.04. The molecule has 25 heavy (non-hydrogen) atoms. The maximum atomic E-state index is 12.5. The van der Waals surface area contributed by atoms with Crippen molar-refractivity contribution in [2.45, 2.75) is 26.2 Å². The molecule has 132 valence electrons. The molecule has 3 rings (SSSR count). The van der Waals surface area contributed by atoms with Gasteiger partial charge < -0.3 is 15.8 Å². The standard InChI is InChI=1S/C16H18N4O4S/c1-3-24-16(23)10-7-9(19-20(10)2)14(22)18-15-12(13(17)21)8-5-4-6-11(8)25-15/h7H,3-6H2,1-2H3,(H2,17,21)(H,18,22). The number of esters is 1. The van der Waals surface area contributed by atoms with Gasteiger partial charge in [-0.25, -0.2) is 4.79 Å². The molecular formula is C16H18N4O4S. The topological polar surface area (TPSA) is 116 Å². The largest absolute Gasteiger partial charge is 0.461 e. The second kappa shape index (κ2) is 6.67. The number of thiophene rings is 1. The molecule has 0 atom stereocenters. The number of aryl methyl sites for hydroxylation is 2. The maximum Gasteiger partial charge on any atom is 0.356 e. The molecule has 0 aromatic carbocycles. The number of nitrogens with zero attached hydrogens (tertiary/aromatic N) is 2. The number of ether oxygens (including phenoxy) is 1. The van der Waals surface area contributed by atoms with Crippen LogP contribution in [0.15, 0.2) is 6.07 Å². The average Bonchev–Trinajstić information content (AvgIpc) is 3.20. The summed E-state index contributed by atoms with van der Waals surface area (Å²) in [6.07, 6.45) is 2.65. The zero-order chi connectivity index (χ0) is 18.1. The van der Waals surface area contributed by atoms with Crippen molar-refractivity contribution in [3.05, 3.63) is 33.5 Å². The maximum absolute atomic E-state index is 12.5. The average molecular weight is 362 g/mol. The highest BCUT2D eigenvalue weighted by molar-refractivity contribution is 7.17. The third-order valence-corrected chi connectivity index (χ3v) is 5.20. The highest BCUT2D eigenvalue weighted by Gasteiger charge is 2.27. The van der Waals surface area contributed by atoms with Crippen LogP contribution in [-0.4, -0.2) is 34.2 Å². The monoisotopic (exact) mass is 362 g/mol. The molecule has 3 N–H and O–H groups in total. The van der Waals surface area contributed by atoms with Crippen LogP contribution in [0.4, 0.5) is 5.00 Å². The number of aromatic nitrogens is 2. The van der Waals surface area contributed by atoms with E-state index in [0.29, 0.717) is 10.6 Å². The minimum absolute atomic E-state index is 0.0644. The van der Waals surface area contributed by atoms with Gasteiger partial charge in [0.1, 0.15) is 10.7 Å². The highest BCUT2D eigenvalue weighted by Crippen LogP contribution is 2.38. The first-order valence-electron chi connectivity index (χ1n) is 7.89. The van der Waals surface area contributed by atoms with E-state index in [0.717, 1.165) is 29.7 Å². The molecule has 0 fully saturated rings. The van der Waals surface area contributed by atoms with E-state index < -0.39 is 17.8 Å². The van der Waals surface area contributed by atoms with Crippen LogP contribution in [0.2, 0.25) is 0 Å². The quantitative estimate of drug-likeness (QED) is 0.782. The number of rotatable bonds is 5. The lowest BCUT2D eigenvalue weighted by Crippen LogP contribution is -2.18. The molecule has 0 saturated carbocycles. The van der Waals surface area contributed by atoms with E-state index in [9.17, 15) is 14.4 Å². The third-order valence-electron chi connectivity index (χ3n) is 3.99. The van der Waals surface area contributed by atoms with Gasteiger partial charge in [0.05, 0.1) is 12.2 Å². The normalized spacial score (nSPS) is 12.7. The number of fused-ring (bicyclic) bond motifs is 1. The van der Waals surface area contributed by atoms with Crippen LogP contribution in [-0.2, 0) is 24.6 Å². The van der Waals surface area contributed by atoms with Gasteiger partial charge in [-0.05, 0) is 31.7 Å². The van der Waals surface area contributed by atoms with Crippen LogP contribution < -0.4 is 11.1 Å². The van der Waals surface area contributed by atoms with Crippen molar-refractivity contribution < 1.29 is 19.1 Å². The number of anilines is 1. The Labute approximate surface area is 148 Å².